The molecule has 0 saturated heterocycles. The molecule has 2 rings (SSSR count). The molecule has 0 bridgehead atoms. The third-order valence-corrected chi connectivity index (χ3v) is 3.24. The molecule has 1 aromatic heterocycles. The van der Waals surface area contributed by atoms with Gasteiger partial charge in [-0.3, -0.25) is 5.32 Å². The van der Waals surface area contributed by atoms with E-state index in [4.69, 9.17) is 5.11 Å². The third-order valence-electron chi connectivity index (χ3n) is 2.55. The number of nitrogens with zero attached hydrogens (tertiary/aromatic N) is 1. The van der Waals surface area contributed by atoms with E-state index in [2.05, 4.69) is 15.6 Å². The number of anilines is 1. The summed E-state index contributed by atoms with van der Waals surface area (Å²) >= 11 is 1.35. The minimum absolute atomic E-state index is 0.253. The number of amides is 2. The zero-order chi connectivity index (χ0) is 14.4. The molecule has 6 nitrogen and oxygen atoms in total. The molecule has 104 valence electrons. The lowest BCUT2D eigenvalue weighted by Crippen LogP contribution is -2.30. The van der Waals surface area contributed by atoms with Crippen molar-refractivity contribution in [1.82, 2.24) is 10.3 Å². The normalized spacial score (nSPS) is 10.0. The van der Waals surface area contributed by atoms with E-state index in [1.165, 1.54) is 11.3 Å². The largest absolute Gasteiger partial charge is 0.478 e. The number of carbonyl (C=O) groups excluding carboxylic acids is 1. The predicted molar refractivity (Wildman–Crippen MR) is 76.2 cm³/mol. The molecule has 0 atom stereocenters. The smallest absolute Gasteiger partial charge is 0.335 e. The van der Waals surface area contributed by atoms with Crippen molar-refractivity contribution < 1.29 is 14.7 Å². The van der Waals surface area contributed by atoms with Gasteiger partial charge in [-0.1, -0.05) is 12.1 Å². The van der Waals surface area contributed by atoms with Gasteiger partial charge in [0.05, 0.1) is 5.56 Å². The van der Waals surface area contributed by atoms with Crippen LogP contribution in [0.15, 0.2) is 35.8 Å². The lowest BCUT2D eigenvalue weighted by Gasteiger charge is -2.05. The first kappa shape index (κ1) is 14.0. The van der Waals surface area contributed by atoms with Crippen molar-refractivity contribution in [3.05, 3.63) is 47.0 Å². The van der Waals surface area contributed by atoms with Gasteiger partial charge in [0, 0.05) is 18.1 Å². The number of hydrogen-bond acceptors (Lipinski definition) is 4. The Bertz CT molecular complexity index is 581. The Morgan fingerprint density at radius 2 is 2.00 bits per heavy atom. The summed E-state index contributed by atoms with van der Waals surface area (Å²) in [6.45, 7) is 0.462. The number of thiazole rings is 1. The molecular weight excluding hydrogens is 278 g/mol. The van der Waals surface area contributed by atoms with Gasteiger partial charge in [-0.05, 0) is 24.1 Å². The van der Waals surface area contributed by atoms with Crippen LogP contribution in [0.1, 0.15) is 15.9 Å². The lowest BCUT2D eigenvalue weighted by molar-refractivity contribution is 0.0697. The first-order valence-corrected chi connectivity index (χ1v) is 6.79. The third kappa shape index (κ3) is 4.06. The van der Waals surface area contributed by atoms with Gasteiger partial charge >= 0.3 is 12.0 Å². The SMILES string of the molecule is O=C(NCCc1ccc(C(=O)O)cc1)Nc1nccs1. The number of carboxylic acid groups (broad SMARTS) is 1. The standard InChI is InChI=1S/C13H13N3O3S/c17-11(18)10-3-1-9(2-4-10)5-6-14-12(19)16-13-15-7-8-20-13/h1-4,7-8H,5-6H2,(H,17,18)(H2,14,15,16,19). The van der Waals surface area contributed by atoms with Crippen molar-refractivity contribution in [3.8, 4) is 0 Å². The van der Waals surface area contributed by atoms with E-state index in [0.717, 1.165) is 5.56 Å². The molecule has 0 spiro atoms. The summed E-state index contributed by atoms with van der Waals surface area (Å²) in [5.41, 5.74) is 1.22. The summed E-state index contributed by atoms with van der Waals surface area (Å²) in [6, 6.07) is 6.27. The van der Waals surface area contributed by atoms with E-state index >= 15 is 0 Å². The van der Waals surface area contributed by atoms with Gasteiger partial charge < -0.3 is 10.4 Å². The van der Waals surface area contributed by atoms with Crippen molar-refractivity contribution in [2.75, 3.05) is 11.9 Å². The van der Waals surface area contributed by atoms with Crippen molar-refractivity contribution >= 4 is 28.5 Å². The van der Waals surface area contributed by atoms with Crippen molar-refractivity contribution in [2.24, 2.45) is 0 Å². The fourth-order valence-corrected chi connectivity index (χ4v) is 2.08. The van der Waals surface area contributed by atoms with Crippen molar-refractivity contribution in [2.45, 2.75) is 6.42 Å². The number of rotatable bonds is 5. The molecule has 0 unspecified atom stereocenters. The Morgan fingerprint density at radius 1 is 1.25 bits per heavy atom. The van der Waals surface area contributed by atoms with Crippen LogP contribution in [0, 0.1) is 0 Å². The van der Waals surface area contributed by atoms with Crippen molar-refractivity contribution in [1.29, 1.82) is 0 Å². The summed E-state index contributed by atoms with van der Waals surface area (Å²) < 4.78 is 0. The second-order valence-corrected chi connectivity index (χ2v) is 4.86. The Kier molecular flexibility index (Phi) is 4.67. The highest BCUT2D eigenvalue weighted by atomic mass is 32.1. The summed E-state index contributed by atoms with van der Waals surface area (Å²) in [5.74, 6) is -0.947. The monoisotopic (exact) mass is 291 g/mol. The van der Waals surface area contributed by atoms with E-state index in [1.54, 1.807) is 35.8 Å². The van der Waals surface area contributed by atoms with E-state index < -0.39 is 5.97 Å². The molecule has 0 radical (unpaired) electrons. The fraction of sp³-hybridized carbons (Fsp3) is 0.154. The number of urea groups is 1. The van der Waals surface area contributed by atoms with Crippen LogP contribution >= 0.6 is 11.3 Å². The summed E-state index contributed by atoms with van der Waals surface area (Å²) in [6.07, 6.45) is 2.25. The predicted octanol–water partition coefficient (Wildman–Crippen LogP) is 2.21. The van der Waals surface area contributed by atoms with E-state index in [-0.39, 0.29) is 11.6 Å². The molecule has 0 aliphatic rings. The molecule has 2 amide bonds. The molecular formula is C13H13N3O3S. The Labute approximate surface area is 119 Å². The van der Waals surface area contributed by atoms with Crippen LogP contribution in [-0.4, -0.2) is 28.6 Å². The Hall–Kier alpha value is -2.41. The number of nitrogens with one attached hydrogen (secondary N) is 2. The highest BCUT2D eigenvalue weighted by molar-refractivity contribution is 7.13. The molecule has 0 aliphatic heterocycles. The maximum Gasteiger partial charge on any atom is 0.335 e. The zero-order valence-corrected chi connectivity index (χ0v) is 11.3. The van der Waals surface area contributed by atoms with Gasteiger partial charge in [-0.2, -0.15) is 0 Å². The summed E-state index contributed by atoms with van der Waals surface area (Å²) in [5, 5.41) is 16.4. The van der Waals surface area contributed by atoms with Crippen LogP contribution in [0.3, 0.4) is 0 Å². The quantitative estimate of drug-likeness (QED) is 0.787. The molecule has 20 heavy (non-hydrogen) atoms. The molecule has 2 aromatic rings. The Balaban J connectivity index is 1.75. The molecule has 1 heterocycles. The lowest BCUT2D eigenvalue weighted by atomic mass is 10.1. The first-order valence-electron chi connectivity index (χ1n) is 5.92. The van der Waals surface area contributed by atoms with Gasteiger partial charge in [-0.15, -0.1) is 11.3 Å². The second-order valence-electron chi connectivity index (χ2n) is 3.97. The summed E-state index contributed by atoms with van der Waals surface area (Å²) in [4.78, 5) is 26.1. The Morgan fingerprint density at radius 3 is 2.60 bits per heavy atom. The van der Waals surface area contributed by atoms with Gasteiger partial charge in [-0.25, -0.2) is 14.6 Å². The van der Waals surface area contributed by atoms with E-state index in [1.807, 2.05) is 0 Å². The average Bonchev–Trinajstić information content (AvgIpc) is 2.92. The van der Waals surface area contributed by atoms with E-state index in [0.29, 0.717) is 18.1 Å². The van der Waals surface area contributed by atoms with Gasteiger partial charge in [0.2, 0.25) is 0 Å². The van der Waals surface area contributed by atoms with Gasteiger partial charge in [0.15, 0.2) is 5.13 Å². The van der Waals surface area contributed by atoms with Crippen LogP contribution in [0.2, 0.25) is 0 Å². The molecule has 0 aliphatic carbocycles. The highest BCUT2D eigenvalue weighted by Gasteiger charge is 2.04. The molecule has 7 heteroatoms. The molecule has 0 fully saturated rings. The number of aromatic nitrogens is 1. The topological polar surface area (TPSA) is 91.3 Å². The van der Waals surface area contributed by atoms with E-state index in [9.17, 15) is 9.59 Å². The molecule has 0 saturated carbocycles. The maximum absolute atomic E-state index is 11.5. The second kappa shape index (κ2) is 6.67. The van der Waals surface area contributed by atoms with Crippen molar-refractivity contribution in [3.63, 3.8) is 0 Å². The number of carboxylic acids is 1. The van der Waals surface area contributed by atoms with Crippen LogP contribution < -0.4 is 10.6 Å². The minimum atomic E-state index is -0.947. The molecule has 1 aromatic carbocycles. The highest BCUT2D eigenvalue weighted by Crippen LogP contribution is 2.09. The zero-order valence-electron chi connectivity index (χ0n) is 10.5. The number of benzene rings is 1. The van der Waals surface area contributed by atoms with Crippen LogP contribution in [-0.2, 0) is 6.42 Å². The van der Waals surface area contributed by atoms with Crippen LogP contribution in [0.5, 0.6) is 0 Å². The number of aromatic carboxylic acids is 1. The first-order chi connectivity index (χ1) is 9.65. The minimum Gasteiger partial charge on any atom is -0.478 e. The fourth-order valence-electron chi connectivity index (χ4n) is 1.56. The molecule has 3 N–H and O–H groups in total. The number of hydrogen-bond donors (Lipinski definition) is 3. The van der Waals surface area contributed by atoms with Crippen LogP contribution in [0.25, 0.3) is 0 Å². The van der Waals surface area contributed by atoms with Crippen LogP contribution in [0.4, 0.5) is 9.93 Å². The maximum atomic E-state index is 11.5. The van der Waals surface area contributed by atoms with Gasteiger partial charge in [0.25, 0.3) is 0 Å². The summed E-state index contributed by atoms with van der Waals surface area (Å²) in [7, 11) is 0. The number of carbonyl (C=O) groups is 2. The average molecular weight is 291 g/mol. The van der Waals surface area contributed by atoms with Gasteiger partial charge in [0.1, 0.15) is 0 Å².